The summed E-state index contributed by atoms with van der Waals surface area (Å²) in [5.41, 5.74) is 7.16. The van der Waals surface area contributed by atoms with Crippen LogP contribution in [0.5, 0.6) is 5.88 Å². The number of hydrogen-bond acceptors (Lipinski definition) is 4. The Balaban J connectivity index is 2.08. The Kier molecular flexibility index (Phi) is 5.16. The van der Waals surface area contributed by atoms with E-state index in [2.05, 4.69) is 23.0 Å². The number of nitrogens with zero attached hydrogens (tertiary/aromatic N) is 2. The number of nitrogens with two attached hydrogens (primary N) is 1. The van der Waals surface area contributed by atoms with Crippen molar-refractivity contribution in [2.24, 2.45) is 5.73 Å². The van der Waals surface area contributed by atoms with Crippen LogP contribution in [-0.2, 0) is 0 Å². The minimum atomic E-state index is 0.251. The first-order valence-corrected chi connectivity index (χ1v) is 7.18. The molecule has 0 saturated heterocycles. The van der Waals surface area contributed by atoms with Gasteiger partial charge in [-0.2, -0.15) is 0 Å². The normalized spacial score (nSPS) is 18.5. The van der Waals surface area contributed by atoms with E-state index in [1.165, 1.54) is 37.7 Å². The predicted molar refractivity (Wildman–Crippen MR) is 77.2 cm³/mol. The zero-order valence-corrected chi connectivity index (χ0v) is 12.0. The molecule has 1 saturated carbocycles. The zero-order chi connectivity index (χ0) is 13.7. The second-order valence-electron chi connectivity index (χ2n) is 5.34. The fraction of sp³-hybridized carbons (Fsp3) is 0.667. The minimum Gasteiger partial charge on any atom is -0.481 e. The van der Waals surface area contributed by atoms with Gasteiger partial charge in [-0.25, -0.2) is 4.98 Å². The van der Waals surface area contributed by atoms with E-state index in [9.17, 15) is 0 Å². The second kappa shape index (κ2) is 6.87. The van der Waals surface area contributed by atoms with Crippen LogP contribution in [0.2, 0.25) is 0 Å². The Morgan fingerprint density at radius 2 is 2.11 bits per heavy atom. The molecule has 1 atom stereocenters. The molecule has 0 aliphatic heterocycles. The van der Waals surface area contributed by atoms with Crippen molar-refractivity contribution in [2.75, 3.05) is 20.7 Å². The van der Waals surface area contributed by atoms with Crippen LogP contribution in [0.4, 0.5) is 0 Å². The molecule has 1 heterocycles. The van der Waals surface area contributed by atoms with Crippen molar-refractivity contribution >= 4 is 0 Å². The molecular formula is C15H25N3O. The largest absolute Gasteiger partial charge is 0.481 e. The Bertz CT molecular complexity index is 373. The van der Waals surface area contributed by atoms with Crippen LogP contribution in [0.25, 0.3) is 0 Å². The molecule has 4 nitrogen and oxygen atoms in total. The molecule has 0 aromatic carbocycles. The Hall–Kier alpha value is -1.13. The van der Waals surface area contributed by atoms with Crippen LogP contribution in [0.3, 0.4) is 0 Å². The van der Waals surface area contributed by atoms with E-state index in [0.717, 1.165) is 0 Å². The number of hydrogen-bond donors (Lipinski definition) is 1. The summed E-state index contributed by atoms with van der Waals surface area (Å²) in [5, 5.41) is 0. The second-order valence-corrected chi connectivity index (χ2v) is 5.34. The van der Waals surface area contributed by atoms with Gasteiger partial charge in [-0.3, -0.25) is 4.90 Å². The zero-order valence-electron chi connectivity index (χ0n) is 12.0. The third-order valence-corrected chi connectivity index (χ3v) is 4.22. The highest BCUT2D eigenvalue weighted by atomic mass is 16.5. The van der Waals surface area contributed by atoms with Crippen LogP contribution in [-0.4, -0.2) is 36.6 Å². The number of pyridine rings is 1. The van der Waals surface area contributed by atoms with Crippen molar-refractivity contribution in [3.63, 3.8) is 0 Å². The maximum absolute atomic E-state index is 5.98. The molecule has 0 radical (unpaired) electrons. The summed E-state index contributed by atoms with van der Waals surface area (Å²) in [6.45, 7) is 0.626. The molecule has 4 heteroatoms. The minimum absolute atomic E-state index is 0.251. The molecule has 1 aromatic heterocycles. The first-order valence-electron chi connectivity index (χ1n) is 7.18. The summed E-state index contributed by atoms with van der Waals surface area (Å²) >= 11 is 0. The van der Waals surface area contributed by atoms with Gasteiger partial charge in [0.2, 0.25) is 5.88 Å². The molecule has 0 spiro atoms. The van der Waals surface area contributed by atoms with Gasteiger partial charge in [0.25, 0.3) is 0 Å². The molecule has 0 amide bonds. The van der Waals surface area contributed by atoms with Crippen molar-refractivity contribution < 1.29 is 4.74 Å². The molecular weight excluding hydrogens is 238 g/mol. The SMILES string of the molecule is COc1ccc(C(CN)N(C)C2CCCCC2)cn1. The Morgan fingerprint density at radius 1 is 1.37 bits per heavy atom. The molecule has 19 heavy (non-hydrogen) atoms. The summed E-state index contributed by atoms with van der Waals surface area (Å²) in [7, 11) is 3.83. The summed E-state index contributed by atoms with van der Waals surface area (Å²) in [6, 6.07) is 4.89. The fourth-order valence-electron chi connectivity index (χ4n) is 2.99. The molecule has 1 aromatic rings. The first-order chi connectivity index (χ1) is 9.26. The molecule has 106 valence electrons. The topological polar surface area (TPSA) is 51.4 Å². The van der Waals surface area contributed by atoms with Crippen molar-refractivity contribution in [1.82, 2.24) is 9.88 Å². The van der Waals surface area contributed by atoms with E-state index in [1.807, 2.05) is 12.3 Å². The van der Waals surface area contributed by atoms with Gasteiger partial charge in [-0.1, -0.05) is 25.3 Å². The maximum atomic E-state index is 5.98. The standard InChI is InChI=1S/C15H25N3O/c1-18(13-6-4-3-5-7-13)14(10-16)12-8-9-15(19-2)17-11-12/h8-9,11,13-14H,3-7,10,16H2,1-2H3. The summed E-state index contributed by atoms with van der Waals surface area (Å²) in [4.78, 5) is 6.72. The van der Waals surface area contributed by atoms with Gasteiger partial charge in [0.1, 0.15) is 0 Å². The molecule has 1 unspecified atom stereocenters. The van der Waals surface area contributed by atoms with Gasteiger partial charge in [-0.05, 0) is 25.5 Å². The summed E-state index contributed by atoms with van der Waals surface area (Å²) in [5.74, 6) is 0.653. The number of rotatable bonds is 5. The van der Waals surface area contributed by atoms with Gasteiger partial charge in [-0.15, -0.1) is 0 Å². The van der Waals surface area contributed by atoms with E-state index in [-0.39, 0.29) is 6.04 Å². The first kappa shape index (κ1) is 14.3. The Labute approximate surface area is 116 Å². The lowest BCUT2D eigenvalue weighted by Crippen LogP contribution is -2.39. The lowest BCUT2D eigenvalue weighted by molar-refractivity contribution is 0.140. The lowest BCUT2D eigenvalue weighted by atomic mass is 9.92. The highest BCUT2D eigenvalue weighted by Crippen LogP contribution is 2.28. The van der Waals surface area contributed by atoms with Crippen LogP contribution in [0.1, 0.15) is 43.7 Å². The van der Waals surface area contributed by atoms with Crippen LogP contribution in [0.15, 0.2) is 18.3 Å². The summed E-state index contributed by atoms with van der Waals surface area (Å²) in [6.07, 6.45) is 8.52. The number of ether oxygens (including phenoxy) is 1. The van der Waals surface area contributed by atoms with E-state index in [0.29, 0.717) is 18.5 Å². The quantitative estimate of drug-likeness (QED) is 0.886. The van der Waals surface area contributed by atoms with Crippen molar-refractivity contribution in [2.45, 2.75) is 44.2 Å². The van der Waals surface area contributed by atoms with Crippen LogP contribution < -0.4 is 10.5 Å². The highest BCUT2D eigenvalue weighted by Gasteiger charge is 2.24. The molecule has 1 aliphatic rings. The Morgan fingerprint density at radius 3 is 2.63 bits per heavy atom. The van der Waals surface area contributed by atoms with Crippen molar-refractivity contribution in [3.05, 3.63) is 23.9 Å². The van der Waals surface area contributed by atoms with Gasteiger partial charge >= 0.3 is 0 Å². The highest BCUT2D eigenvalue weighted by molar-refractivity contribution is 5.21. The third kappa shape index (κ3) is 3.45. The van der Waals surface area contributed by atoms with E-state index >= 15 is 0 Å². The van der Waals surface area contributed by atoms with Crippen LogP contribution in [0, 0.1) is 0 Å². The number of aromatic nitrogens is 1. The summed E-state index contributed by atoms with van der Waals surface area (Å²) < 4.78 is 5.10. The number of likely N-dealkylation sites (N-methyl/N-ethyl adjacent to an activating group) is 1. The third-order valence-electron chi connectivity index (χ3n) is 4.22. The molecule has 2 rings (SSSR count). The van der Waals surface area contributed by atoms with Gasteiger partial charge in [0.15, 0.2) is 0 Å². The van der Waals surface area contributed by atoms with E-state index in [4.69, 9.17) is 10.5 Å². The smallest absolute Gasteiger partial charge is 0.212 e. The average Bonchev–Trinajstić information content (AvgIpc) is 2.49. The molecule has 1 fully saturated rings. The fourth-order valence-corrected chi connectivity index (χ4v) is 2.99. The predicted octanol–water partition coefficient (Wildman–Crippen LogP) is 2.35. The van der Waals surface area contributed by atoms with E-state index in [1.54, 1.807) is 7.11 Å². The molecule has 2 N–H and O–H groups in total. The average molecular weight is 263 g/mol. The van der Waals surface area contributed by atoms with Gasteiger partial charge < -0.3 is 10.5 Å². The molecule has 1 aliphatic carbocycles. The van der Waals surface area contributed by atoms with Gasteiger partial charge in [0, 0.05) is 30.9 Å². The maximum Gasteiger partial charge on any atom is 0.212 e. The molecule has 0 bridgehead atoms. The van der Waals surface area contributed by atoms with Gasteiger partial charge in [0.05, 0.1) is 7.11 Å². The number of methoxy groups -OCH3 is 1. The van der Waals surface area contributed by atoms with Crippen molar-refractivity contribution in [1.29, 1.82) is 0 Å². The lowest BCUT2D eigenvalue weighted by Gasteiger charge is -2.36. The van der Waals surface area contributed by atoms with E-state index < -0.39 is 0 Å². The monoisotopic (exact) mass is 263 g/mol. The van der Waals surface area contributed by atoms with Crippen LogP contribution >= 0.6 is 0 Å². The van der Waals surface area contributed by atoms with Crippen molar-refractivity contribution in [3.8, 4) is 5.88 Å².